The van der Waals surface area contributed by atoms with E-state index in [0.29, 0.717) is 16.8 Å². The minimum absolute atomic E-state index is 0.268. The number of aryl methyl sites for hydroxylation is 1. The molecule has 0 saturated carbocycles. The van der Waals surface area contributed by atoms with Crippen molar-refractivity contribution in [2.24, 2.45) is 5.92 Å². The van der Waals surface area contributed by atoms with Crippen molar-refractivity contribution in [3.05, 3.63) is 36.0 Å². The Hall–Kier alpha value is -1.46. The molecular formula is C14H18N2O2S. The van der Waals surface area contributed by atoms with E-state index in [4.69, 9.17) is 0 Å². The quantitative estimate of drug-likeness (QED) is 0.934. The first kappa shape index (κ1) is 14.0. The maximum atomic E-state index is 12.3. The van der Waals surface area contributed by atoms with Crippen molar-refractivity contribution >= 4 is 20.9 Å². The summed E-state index contributed by atoms with van der Waals surface area (Å²) in [5.74, 6) is 0.268. The van der Waals surface area contributed by atoms with Crippen LogP contribution in [0.2, 0.25) is 0 Å². The highest BCUT2D eigenvalue weighted by Crippen LogP contribution is 2.24. The molecule has 0 spiro atoms. The predicted molar refractivity (Wildman–Crippen MR) is 76.5 cm³/mol. The topological polar surface area (TPSA) is 59.1 Å². The van der Waals surface area contributed by atoms with Crippen LogP contribution in [0.1, 0.15) is 19.4 Å². The summed E-state index contributed by atoms with van der Waals surface area (Å²) >= 11 is 0. The van der Waals surface area contributed by atoms with Crippen LogP contribution in [0.5, 0.6) is 0 Å². The molecule has 2 rings (SSSR count). The first-order valence-corrected chi connectivity index (χ1v) is 7.74. The minimum Gasteiger partial charge on any atom is -0.256 e. The van der Waals surface area contributed by atoms with Gasteiger partial charge >= 0.3 is 0 Å². The summed E-state index contributed by atoms with van der Waals surface area (Å²) < 4.78 is 27.3. The highest BCUT2D eigenvalue weighted by atomic mass is 32.2. The number of hydrogen-bond acceptors (Lipinski definition) is 3. The van der Waals surface area contributed by atoms with E-state index in [9.17, 15) is 8.42 Å². The van der Waals surface area contributed by atoms with Gasteiger partial charge in [0.25, 0.3) is 0 Å². The third-order valence-corrected chi connectivity index (χ3v) is 4.38. The Morgan fingerprint density at radius 2 is 2.00 bits per heavy atom. The maximum Gasteiger partial charge on any atom is 0.241 e. The van der Waals surface area contributed by atoms with Crippen LogP contribution >= 0.6 is 0 Å². The van der Waals surface area contributed by atoms with E-state index in [-0.39, 0.29) is 5.92 Å². The van der Waals surface area contributed by atoms with Crippen LogP contribution in [0.4, 0.5) is 0 Å². The zero-order chi connectivity index (χ0) is 14.0. The second-order valence-electron chi connectivity index (χ2n) is 5.03. The molecule has 0 aliphatic carbocycles. The Labute approximate surface area is 113 Å². The lowest BCUT2D eigenvalue weighted by Gasteiger charge is -2.11. The van der Waals surface area contributed by atoms with Crippen LogP contribution in [-0.2, 0) is 10.0 Å². The van der Waals surface area contributed by atoms with Gasteiger partial charge in [0.1, 0.15) is 0 Å². The average molecular weight is 278 g/mol. The monoisotopic (exact) mass is 278 g/mol. The molecule has 2 aromatic rings. The summed E-state index contributed by atoms with van der Waals surface area (Å²) in [6, 6.07) is 6.98. The van der Waals surface area contributed by atoms with E-state index in [2.05, 4.69) is 9.71 Å². The van der Waals surface area contributed by atoms with Gasteiger partial charge in [-0.25, -0.2) is 13.1 Å². The predicted octanol–water partition coefficient (Wildman–Crippen LogP) is 2.48. The standard InChI is InChI=1S/C14H18N2O2S/c1-10(2)9-16-19(17,18)13-7-6-11(3)14-12(13)5-4-8-15-14/h4-8,10,16H,9H2,1-3H3. The smallest absolute Gasteiger partial charge is 0.241 e. The number of fused-ring (bicyclic) bond motifs is 1. The van der Waals surface area contributed by atoms with Gasteiger partial charge in [-0.15, -0.1) is 0 Å². The van der Waals surface area contributed by atoms with E-state index in [1.165, 1.54) is 0 Å². The van der Waals surface area contributed by atoms with Crippen LogP contribution in [0.3, 0.4) is 0 Å². The van der Waals surface area contributed by atoms with E-state index in [1.807, 2.05) is 20.8 Å². The molecule has 1 heterocycles. The highest BCUT2D eigenvalue weighted by molar-refractivity contribution is 7.89. The zero-order valence-corrected chi connectivity index (χ0v) is 12.2. The Bertz CT molecular complexity index is 694. The molecule has 5 heteroatoms. The maximum absolute atomic E-state index is 12.3. The molecule has 0 amide bonds. The van der Waals surface area contributed by atoms with Crippen molar-refractivity contribution < 1.29 is 8.42 Å². The third-order valence-electron chi connectivity index (χ3n) is 2.90. The van der Waals surface area contributed by atoms with Gasteiger partial charge in [0, 0.05) is 18.1 Å². The molecule has 4 nitrogen and oxygen atoms in total. The molecule has 102 valence electrons. The van der Waals surface area contributed by atoms with Gasteiger partial charge in [0.05, 0.1) is 10.4 Å². The number of nitrogens with one attached hydrogen (secondary N) is 1. The minimum atomic E-state index is -3.49. The summed E-state index contributed by atoms with van der Waals surface area (Å²) in [4.78, 5) is 4.55. The van der Waals surface area contributed by atoms with E-state index in [1.54, 1.807) is 30.5 Å². The van der Waals surface area contributed by atoms with Crippen LogP contribution in [-0.4, -0.2) is 19.9 Å². The number of nitrogens with zero attached hydrogens (tertiary/aromatic N) is 1. The van der Waals surface area contributed by atoms with Gasteiger partial charge in [-0.3, -0.25) is 4.98 Å². The molecule has 1 aromatic heterocycles. The normalized spacial score (nSPS) is 12.2. The van der Waals surface area contributed by atoms with Gasteiger partial charge in [-0.2, -0.15) is 0 Å². The highest BCUT2D eigenvalue weighted by Gasteiger charge is 2.18. The number of benzene rings is 1. The number of hydrogen-bond donors (Lipinski definition) is 1. The molecule has 0 saturated heterocycles. The van der Waals surface area contributed by atoms with Gasteiger partial charge in [-0.1, -0.05) is 19.9 Å². The molecule has 0 aliphatic rings. The van der Waals surface area contributed by atoms with Crippen molar-refractivity contribution in [2.45, 2.75) is 25.7 Å². The van der Waals surface area contributed by atoms with Crippen molar-refractivity contribution in [1.29, 1.82) is 0 Å². The van der Waals surface area contributed by atoms with Gasteiger partial charge in [0.2, 0.25) is 10.0 Å². The Kier molecular flexibility index (Phi) is 3.87. The first-order valence-electron chi connectivity index (χ1n) is 6.26. The summed E-state index contributed by atoms with van der Waals surface area (Å²) in [6.07, 6.45) is 1.67. The number of pyridine rings is 1. The van der Waals surface area contributed by atoms with Crippen LogP contribution in [0.15, 0.2) is 35.4 Å². The molecule has 0 unspecified atom stereocenters. The van der Waals surface area contributed by atoms with Gasteiger partial charge < -0.3 is 0 Å². The van der Waals surface area contributed by atoms with Crippen LogP contribution < -0.4 is 4.72 Å². The van der Waals surface area contributed by atoms with E-state index < -0.39 is 10.0 Å². The fraction of sp³-hybridized carbons (Fsp3) is 0.357. The lowest BCUT2D eigenvalue weighted by atomic mass is 10.1. The second kappa shape index (κ2) is 5.27. The third kappa shape index (κ3) is 2.93. The number of aromatic nitrogens is 1. The molecule has 0 atom stereocenters. The molecule has 1 aromatic carbocycles. The largest absolute Gasteiger partial charge is 0.256 e. The zero-order valence-electron chi connectivity index (χ0n) is 11.3. The Morgan fingerprint density at radius 3 is 2.68 bits per heavy atom. The summed E-state index contributed by atoms with van der Waals surface area (Å²) in [7, 11) is -3.49. The number of sulfonamides is 1. The summed E-state index contributed by atoms with van der Waals surface area (Å²) in [5.41, 5.74) is 1.70. The van der Waals surface area contributed by atoms with Gasteiger partial charge in [-0.05, 0) is 36.6 Å². The fourth-order valence-electron chi connectivity index (χ4n) is 1.88. The lowest BCUT2D eigenvalue weighted by Crippen LogP contribution is -2.27. The molecule has 19 heavy (non-hydrogen) atoms. The molecule has 0 bridgehead atoms. The fourth-order valence-corrected chi connectivity index (χ4v) is 3.29. The van der Waals surface area contributed by atoms with Crippen molar-refractivity contribution in [3.63, 3.8) is 0 Å². The average Bonchev–Trinajstić information content (AvgIpc) is 2.37. The molecule has 0 aliphatic heterocycles. The van der Waals surface area contributed by atoms with E-state index >= 15 is 0 Å². The summed E-state index contributed by atoms with van der Waals surface area (Å²) in [5, 5.41) is 0.666. The van der Waals surface area contributed by atoms with Crippen LogP contribution in [0, 0.1) is 12.8 Å². The Balaban J connectivity index is 2.54. The molecular weight excluding hydrogens is 260 g/mol. The Morgan fingerprint density at radius 1 is 1.26 bits per heavy atom. The SMILES string of the molecule is Cc1ccc(S(=O)(=O)NCC(C)C)c2cccnc12. The molecule has 1 N–H and O–H groups in total. The summed E-state index contributed by atoms with van der Waals surface area (Å²) in [6.45, 7) is 6.29. The van der Waals surface area contributed by atoms with Crippen molar-refractivity contribution in [2.75, 3.05) is 6.54 Å². The second-order valence-corrected chi connectivity index (χ2v) is 6.76. The van der Waals surface area contributed by atoms with Crippen LogP contribution in [0.25, 0.3) is 10.9 Å². The first-order chi connectivity index (χ1) is 8.92. The van der Waals surface area contributed by atoms with E-state index in [0.717, 1.165) is 11.1 Å². The molecule has 0 radical (unpaired) electrons. The van der Waals surface area contributed by atoms with Crippen molar-refractivity contribution in [3.8, 4) is 0 Å². The lowest BCUT2D eigenvalue weighted by molar-refractivity contribution is 0.561. The molecule has 0 fully saturated rings. The van der Waals surface area contributed by atoms with Crippen molar-refractivity contribution in [1.82, 2.24) is 9.71 Å². The van der Waals surface area contributed by atoms with Gasteiger partial charge in [0.15, 0.2) is 0 Å². The number of rotatable bonds is 4.